The minimum absolute atomic E-state index is 0.180. The van der Waals surface area contributed by atoms with Crippen molar-refractivity contribution in [3.05, 3.63) is 24.3 Å². The molecular formula is C13H16FN3O. The fourth-order valence-electron chi connectivity index (χ4n) is 2.47. The number of nitrogens with zero attached hydrogens (tertiary/aromatic N) is 3. The van der Waals surface area contributed by atoms with E-state index in [1.54, 1.807) is 0 Å². The fourth-order valence-corrected chi connectivity index (χ4v) is 2.47. The molecule has 1 aromatic carbocycles. The molecule has 5 heteroatoms. The molecule has 0 spiro atoms. The van der Waals surface area contributed by atoms with Gasteiger partial charge in [0.15, 0.2) is 0 Å². The number of ether oxygens (including phenoxy) is 1. The van der Waals surface area contributed by atoms with Crippen molar-refractivity contribution in [1.29, 1.82) is 0 Å². The number of para-hydroxylation sites is 2. The molecule has 96 valence electrons. The smallest absolute Gasteiger partial charge is 0.206 e. The number of imidazole rings is 1. The van der Waals surface area contributed by atoms with E-state index in [2.05, 4.69) is 4.98 Å². The normalized spacial score (nSPS) is 23.7. The third-order valence-electron chi connectivity index (χ3n) is 3.56. The Morgan fingerprint density at radius 2 is 2.17 bits per heavy atom. The van der Waals surface area contributed by atoms with Crippen LogP contribution < -0.4 is 4.90 Å². The molecule has 0 N–H and O–H groups in total. The van der Waals surface area contributed by atoms with E-state index in [9.17, 15) is 4.39 Å². The number of anilines is 1. The second-order valence-electron chi connectivity index (χ2n) is 4.69. The summed E-state index contributed by atoms with van der Waals surface area (Å²) in [5, 5.41) is 0. The van der Waals surface area contributed by atoms with Gasteiger partial charge in [-0.3, -0.25) is 0 Å². The summed E-state index contributed by atoms with van der Waals surface area (Å²) in [6, 6.07) is 7.66. The van der Waals surface area contributed by atoms with Crippen molar-refractivity contribution in [3.8, 4) is 0 Å². The number of halogens is 1. The van der Waals surface area contributed by atoms with Gasteiger partial charge in [0.1, 0.15) is 6.17 Å². The number of aromatic nitrogens is 2. The summed E-state index contributed by atoms with van der Waals surface area (Å²) in [5.74, 6) is 0.773. The SMILES string of the molecule is CN(c1nc2ccccc2n1C)C1COCC1F. The summed E-state index contributed by atoms with van der Waals surface area (Å²) in [4.78, 5) is 6.43. The van der Waals surface area contributed by atoms with Gasteiger partial charge in [-0.25, -0.2) is 9.37 Å². The minimum atomic E-state index is -0.949. The lowest BCUT2D eigenvalue weighted by molar-refractivity contribution is 0.173. The summed E-state index contributed by atoms with van der Waals surface area (Å²) >= 11 is 0. The fraction of sp³-hybridized carbons (Fsp3) is 0.462. The zero-order valence-corrected chi connectivity index (χ0v) is 10.5. The Morgan fingerprint density at radius 3 is 2.83 bits per heavy atom. The van der Waals surface area contributed by atoms with Gasteiger partial charge in [-0.2, -0.15) is 0 Å². The van der Waals surface area contributed by atoms with E-state index in [4.69, 9.17) is 4.74 Å². The molecule has 3 rings (SSSR count). The molecule has 1 fully saturated rings. The van der Waals surface area contributed by atoms with Crippen LogP contribution in [0.2, 0.25) is 0 Å². The maximum atomic E-state index is 13.7. The number of hydrogen-bond acceptors (Lipinski definition) is 3. The van der Waals surface area contributed by atoms with Crippen molar-refractivity contribution in [1.82, 2.24) is 9.55 Å². The van der Waals surface area contributed by atoms with E-state index >= 15 is 0 Å². The molecule has 1 aliphatic rings. The Kier molecular flexibility index (Phi) is 2.70. The zero-order valence-electron chi connectivity index (χ0n) is 10.5. The largest absolute Gasteiger partial charge is 0.376 e. The summed E-state index contributed by atoms with van der Waals surface area (Å²) < 4.78 is 20.9. The highest BCUT2D eigenvalue weighted by molar-refractivity contribution is 5.78. The average Bonchev–Trinajstić information content (AvgIpc) is 2.94. The molecule has 0 saturated carbocycles. The van der Waals surface area contributed by atoms with E-state index in [0.717, 1.165) is 17.0 Å². The maximum Gasteiger partial charge on any atom is 0.206 e. The van der Waals surface area contributed by atoms with Gasteiger partial charge in [-0.05, 0) is 12.1 Å². The number of rotatable bonds is 2. The van der Waals surface area contributed by atoms with E-state index < -0.39 is 6.17 Å². The van der Waals surface area contributed by atoms with Gasteiger partial charge in [0.05, 0.1) is 30.3 Å². The first-order valence-electron chi connectivity index (χ1n) is 6.04. The van der Waals surface area contributed by atoms with Crippen LogP contribution >= 0.6 is 0 Å². The second kappa shape index (κ2) is 4.24. The first-order chi connectivity index (χ1) is 8.68. The third-order valence-corrected chi connectivity index (χ3v) is 3.56. The van der Waals surface area contributed by atoms with Gasteiger partial charge in [0.25, 0.3) is 0 Å². The average molecular weight is 249 g/mol. The number of benzene rings is 1. The molecule has 0 aliphatic carbocycles. The molecule has 1 aliphatic heterocycles. The van der Waals surface area contributed by atoms with E-state index in [1.165, 1.54) is 0 Å². The molecule has 2 unspecified atom stereocenters. The quantitative estimate of drug-likeness (QED) is 0.812. The number of aryl methyl sites for hydroxylation is 1. The standard InChI is InChI=1S/C13H16FN3O/c1-16-11-6-4-3-5-10(11)15-13(16)17(2)12-8-18-7-9(12)14/h3-6,9,12H,7-8H2,1-2H3. The highest BCUT2D eigenvalue weighted by Crippen LogP contribution is 2.24. The van der Waals surface area contributed by atoms with Gasteiger partial charge in [0, 0.05) is 14.1 Å². The molecule has 0 bridgehead atoms. The molecule has 4 nitrogen and oxygen atoms in total. The van der Waals surface area contributed by atoms with Crippen LogP contribution in [0.4, 0.5) is 10.3 Å². The van der Waals surface area contributed by atoms with E-state index in [-0.39, 0.29) is 12.6 Å². The van der Waals surface area contributed by atoms with Crippen molar-refractivity contribution in [2.75, 3.05) is 25.2 Å². The topological polar surface area (TPSA) is 30.3 Å². The van der Waals surface area contributed by atoms with Crippen molar-refractivity contribution in [2.45, 2.75) is 12.2 Å². The molecule has 1 aromatic heterocycles. The van der Waals surface area contributed by atoms with Crippen LogP contribution in [0, 0.1) is 0 Å². The van der Waals surface area contributed by atoms with E-state index in [0.29, 0.717) is 6.61 Å². The van der Waals surface area contributed by atoms with Crippen LogP contribution in [0.25, 0.3) is 11.0 Å². The highest BCUT2D eigenvalue weighted by Gasteiger charge is 2.33. The van der Waals surface area contributed by atoms with Crippen molar-refractivity contribution in [2.24, 2.45) is 7.05 Å². The monoisotopic (exact) mass is 249 g/mol. The predicted molar refractivity (Wildman–Crippen MR) is 68.6 cm³/mol. The minimum Gasteiger partial charge on any atom is -0.376 e. The van der Waals surface area contributed by atoms with Gasteiger partial charge in [-0.15, -0.1) is 0 Å². The molecule has 2 aromatic rings. The Morgan fingerprint density at radius 1 is 1.39 bits per heavy atom. The first-order valence-corrected chi connectivity index (χ1v) is 6.04. The number of likely N-dealkylation sites (N-methyl/N-ethyl adjacent to an activating group) is 1. The van der Waals surface area contributed by atoms with Gasteiger partial charge in [-0.1, -0.05) is 12.1 Å². The van der Waals surface area contributed by atoms with Crippen LogP contribution in [-0.4, -0.2) is 42.0 Å². The molecule has 0 radical (unpaired) electrons. The number of alkyl halides is 1. The van der Waals surface area contributed by atoms with Crippen molar-refractivity contribution < 1.29 is 9.13 Å². The lowest BCUT2D eigenvalue weighted by atomic mass is 10.2. The van der Waals surface area contributed by atoms with Crippen LogP contribution in [0.3, 0.4) is 0 Å². The third kappa shape index (κ3) is 1.66. The van der Waals surface area contributed by atoms with Crippen molar-refractivity contribution >= 4 is 17.0 Å². The molecule has 18 heavy (non-hydrogen) atoms. The van der Waals surface area contributed by atoms with Crippen molar-refractivity contribution in [3.63, 3.8) is 0 Å². The second-order valence-corrected chi connectivity index (χ2v) is 4.69. The molecule has 2 heterocycles. The van der Waals surface area contributed by atoms with Gasteiger partial charge >= 0.3 is 0 Å². The van der Waals surface area contributed by atoms with Gasteiger partial charge in [0.2, 0.25) is 5.95 Å². The van der Waals surface area contributed by atoms with Crippen LogP contribution in [0.5, 0.6) is 0 Å². The first kappa shape index (κ1) is 11.5. The lowest BCUT2D eigenvalue weighted by Gasteiger charge is -2.25. The molecular weight excluding hydrogens is 233 g/mol. The van der Waals surface area contributed by atoms with Crippen LogP contribution in [0.15, 0.2) is 24.3 Å². The van der Waals surface area contributed by atoms with Crippen LogP contribution in [-0.2, 0) is 11.8 Å². The summed E-state index contributed by atoms with van der Waals surface area (Å²) in [7, 11) is 3.82. The van der Waals surface area contributed by atoms with Crippen LogP contribution in [0.1, 0.15) is 0 Å². The Balaban J connectivity index is 2.01. The Hall–Kier alpha value is -1.62. The van der Waals surface area contributed by atoms with E-state index in [1.807, 2.05) is 47.8 Å². The highest BCUT2D eigenvalue weighted by atomic mass is 19.1. The Labute approximate surface area is 105 Å². The lowest BCUT2D eigenvalue weighted by Crippen LogP contribution is -2.40. The summed E-state index contributed by atoms with van der Waals surface area (Å²) in [5.41, 5.74) is 1.98. The summed E-state index contributed by atoms with van der Waals surface area (Å²) in [6.07, 6.45) is -0.949. The maximum absolute atomic E-state index is 13.7. The molecule has 2 atom stereocenters. The van der Waals surface area contributed by atoms with Gasteiger partial charge < -0.3 is 14.2 Å². The Bertz CT molecular complexity index is 568. The molecule has 1 saturated heterocycles. The molecule has 0 amide bonds. The predicted octanol–water partition coefficient (Wildman–Crippen LogP) is 1.75. The number of fused-ring (bicyclic) bond motifs is 1. The number of hydrogen-bond donors (Lipinski definition) is 0. The summed E-state index contributed by atoms with van der Waals surface area (Å²) in [6.45, 7) is 0.597. The zero-order chi connectivity index (χ0) is 12.7.